The van der Waals surface area contributed by atoms with Gasteiger partial charge in [0.15, 0.2) is 0 Å². The van der Waals surface area contributed by atoms with Crippen LogP contribution in [0, 0.1) is 6.01 Å². The van der Waals surface area contributed by atoms with Crippen LogP contribution in [0.2, 0.25) is 5.02 Å². The highest BCUT2D eigenvalue weighted by Gasteiger charge is 2.26. The average molecular weight is 605 g/mol. The van der Waals surface area contributed by atoms with E-state index in [9.17, 15) is 14.3 Å². The number of furan rings is 1. The number of aromatic carboxylic acids is 1. The molecule has 0 aliphatic carbocycles. The number of hydrogen-bond acceptors (Lipinski definition) is 7. The molecule has 3 aromatic heterocycles. The summed E-state index contributed by atoms with van der Waals surface area (Å²) in [5, 5.41) is 10.5. The molecule has 0 radical (unpaired) electrons. The number of fused-ring (bicyclic) bond motifs is 2. The highest BCUT2D eigenvalue weighted by atomic mass is 35.5. The Bertz CT molecular complexity index is 1810. The van der Waals surface area contributed by atoms with Crippen LogP contribution in [0.5, 0.6) is 5.88 Å². The van der Waals surface area contributed by atoms with Crippen LogP contribution in [0.15, 0.2) is 59.0 Å². The van der Waals surface area contributed by atoms with Gasteiger partial charge in [-0.05, 0) is 62.7 Å². The standard InChI is InChI=1S/C32H30ClFN4O5/c33-24-6-4-21(31-23(24)15-28(34)43-31)18-42-30-3-1-2-25(36-30)19-8-11-37(12-9-19)17-29-35-26-7-5-20(32(39)40)14-27(26)38(29)16-22-10-13-41-22/h1-7,14-15,19,22H,8-13,16-18H2,(H,39,40). The molecule has 2 fully saturated rings. The summed E-state index contributed by atoms with van der Waals surface area (Å²) in [6.07, 6.45) is 3.00. The van der Waals surface area contributed by atoms with Gasteiger partial charge in [-0.15, -0.1) is 0 Å². The fraction of sp³-hybridized carbons (Fsp3) is 0.344. The van der Waals surface area contributed by atoms with Crippen molar-refractivity contribution in [2.75, 3.05) is 19.7 Å². The molecule has 2 aliphatic rings. The molecule has 2 aliphatic heterocycles. The van der Waals surface area contributed by atoms with Gasteiger partial charge in [-0.2, -0.15) is 4.39 Å². The van der Waals surface area contributed by atoms with E-state index in [0.717, 1.165) is 61.5 Å². The number of likely N-dealkylation sites (tertiary alicyclic amines) is 1. The lowest BCUT2D eigenvalue weighted by atomic mass is 9.93. The number of halogens is 2. The van der Waals surface area contributed by atoms with Crippen LogP contribution in [0.25, 0.3) is 22.0 Å². The molecule has 0 amide bonds. The van der Waals surface area contributed by atoms with Crippen molar-refractivity contribution >= 4 is 39.6 Å². The monoisotopic (exact) mass is 604 g/mol. The van der Waals surface area contributed by atoms with Crippen LogP contribution in [0.3, 0.4) is 0 Å². The van der Waals surface area contributed by atoms with Gasteiger partial charge in [-0.1, -0.05) is 23.7 Å². The van der Waals surface area contributed by atoms with E-state index in [1.165, 1.54) is 6.07 Å². The van der Waals surface area contributed by atoms with Gasteiger partial charge in [-0.25, -0.2) is 14.8 Å². The molecule has 43 heavy (non-hydrogen) atoms. The van der Waals surface area contributed by atoms with E-state index >= 15 is 0 Å². The SMILES string of the molecule is O=C(O)c1ccc2nc(CN3CCC(c4cccc(OCc5ccc(Cl)c6cc(F)oc56)n4)CC3)n(CC3CCO3)c2c1. The Kier molecular flexibility index (Phi) is 7.50. The van der Waals surface area contributed by atoms with Crippen molar-refractivity contribution in [3.8, 4) is 5.88 Å². The minimum atomic E-state index is -0.948. The third-order valence-corrected chi connectivity index (χ3v) is 8.76. The van der Waals surface area contributed by atoms with Crippen molar-refractivity contribution in [1.29, 1.82) is 0 Å². The largest absolute Gasteiger partial charge is 0.478 e. The minimum absolute atomic E-state index is 0.127. The molecule has 1 atom stereocenters. The number of nitrogens with zero attached hydrogens (tertiary/aromatic N) is 4. The van der Waals surface area contributed by atoms with E-state index in [-0.39, 0.29) is 18.3 Å². The Labute approximate surface area is 251 Å². The highest BCUT2D eigenvalue weighted by molar-refractivity contribution is 6.35. The topological polar surface area (TPSA) is 103 Å². The van der Waals surface area contributed by atoms with Crippen LogP contribution >= 0.6 is 11.6 Å². The maximum atomic E-state index is 13.7. The lowest BCUT2D eigenvalue weighted by Gasteiger charge is -2.32. The molecule has 5 aromatic rings. The molecule has 1 N–H and O–H groups in total. The molecular weight excluding hydrogens is 575 g/mol. The van der Waals surface area contributed by atoms with E-state index in [2.05, 4.69) is 9.47 Å². The number of pyridine rings is 1. The lowest BCUT2D eigenvalue weighted by molar-refractivity contribution is -0.0592. The molecule has 222 valence electrons. The highest BCUT2D eigenvalue weighted by Crippen LogP contribution is 2.32. The molecule has 7 rings (SSSR count). The molecule has 9 nitrogen and oxygen atoms in total. The Morgan fingerprint density at radius 2 is 1.93 bits per heavy atom. The normalized spacial score (nSPS) is 17.9. The van der Waals surface area contributed by atoms with E-state index in [4.69, 9.17) is 35.5 Å². The van der Waals surface area contributed by atoms with E-state index < -0.39 is 12.0 Å². The number of carboxylic acids is 1. The smallest absolute Gasteiger partial charge is 0.335 e. The summed E-state index contributed by atoms with van der Waals surface area (Å²) in [7, 11) is 0. The van der Waals surface area contributed by atoms with E-state index in [0.29, 0.717) is 46.4 Å². The second-order valence-electron chi connectivity index (χ2n) is 11.2. The van der Waals surface area contributed by atoms with Gasteiger partial charge in [0.2, 0.25) is 5.88 Å². The first-order valence-electron chi connectivity index (χ1n) is 14.4. The van der Waals surface area contributed by atoms with Crippen LogP contribution in [-0.4, -0.2) is 56.3 Å². The van der Waals surface area contributed by atoms with Gasteiger partial charge in [0, 0.05) is 41.3 Å². The summed E-state index contributed by atoms with van der Waals surface area (Å²) >= 11 is 6.18. The van der Waals surface area contributed by atoms with Crippen LogP contribution in [-0.2, 0) is 24.4 Å². The van der Waals surface area contributed by atoms with E-state index in [1.807, 2.05) is 18.2 Å². The fourth-order valence-corrected chi connectivity index (χ4v) is 6.17. The molecule has 0 spiro atoms. The van der Waals surface area contributed by atoms with Gasteiger partial charge in [0.1, 0.15) is 18.0 Å². The van der Waals surface area contributed by atoms with Crippen molar-refractivity contribution < 1.29 is 28.2 Å². The summed E-state index contributed by atoms with van der Waals surface area (Å²) < 4.78 is 32.7. The van der Waals surface area contributed by atoms with Crippen LogP contribution < -0.4 is 4.74 Å². The maximum absolute atomic E-state index is 13.7. The summed E-state index contributed by atoms with van der Waals surface area (Å²) in [6, 6.07) is 15.0. The summed E-state index contributed by atoms with van der Waals surface area (Å²) in [5.41, 5.74) is 3.94. The second-order valence-corrected chi connectivity index (χ2v) is 11.6. The molecule has 0 bridgehead atoms. The Balaban J connectivity index is 1.01. The number of imidazole rings is 1. The lowest BCUT2D eigenvalue weighted by Crippen LogP contribution is -2.35. The van der Waals surface area contributed by atoms with Gasteiger partial charge >= 0.3 is 5.97 Å². The van der Waals surface area contributed by atoms with Crippen LogP contribution in [0.4, 0.5) is 4.39 Å². The third-order valence-electron chi connectivity index (χ3n) is 8.43. The first-order chi connectivity index (χ1) is 20.9. The van der Waals surface area contributed by atoms with Crippen LogP contribution in [0.1, 0.15) is 52.6 Å². The third kappa shape index (κ3) is 5.70. The van der Waals surface area contributed by atoms with Gasteiger partial charge in [0.05, 0.1) is 40.8 Å². The number of rotatable bonds is 9. The molecule has 11 heteroatoms. The van der Waals surface area contributed by atoms with Gasteiger partial charge in [-0.3, -0.25) is 4.90 Å². The zero-order valence-electron chi connectivity index (χ0n) is 23.3. The predicted molar refractivity (Wildman–Crippen MR) is 158 cm³/mol. The fourth-order valence-electron chi connectivity index (χ4n) is 5.97. The Hall–Kier alpha value is -3.99. The summed E-state index contributed by atoms with van der Waals surface area (Å²) in [4.78, 5) is 23.7. The Morgan fingerprint density at radius 1 is 1.09 bits per heavy atom. The molecule has 1 unspecified atom stereocenters. The quantitative estimate of drug-likeness (QED) is 0.206. The molecule has 2 saturated heterocycles. The molecule has 0 saturated carbocycles. The van der Waals surface area contributed by atoms with Crippen molar-refractivity contribution in [2.24, 2.45) is 0 Å². The Morgan fingerprint density at radius 3 is 2.70 bits per heavy atom. The molecule has 5 heterocycles. The number of benzene rings is 2. The number of piperidine rings is 1. The zero-order chi connectivity index (χ0) is 29.5. The van der Waals surface area contributed by atoms with Crippen molar-refractivity contribution in [3.63, 3.8) is 0 Å². The number of carboxylic acid groups (broad SMARTS) is 1. The first kappa shape index (κ1) is 27.8. The summed E-state index contributed by atoms with van der Waals surface area (Å²) in [5.74, 6) is 0.772. The molecule has 2 aromatic carbocycles. The number of carbonyl (C=O) groups is 1. The maximum Gasteiger partial charge on any atom is 0.335 e. The zero-order valence-corrected chi connectivity index (χ0v) is 24.1. The van der Waals surface area contributed by atoms with Gasteiger partial charge in [0.25, 0.3) is 6.01 Å². The van der Waals surface area contributed by atoms with Crippen molar-refractivity contribution in [2.45, 2.75) is 51.0 Å². The molecular formula is C32H30ClFN4O5. The second kappa shape index (κ2) is 11.6. The van der Waals surface area contributed by atoms with E-state index in [1.54, 1.807) is 30.3 Å². The number of hydrogen-bond donors (Lipinski definition) is 1. The first-order valence-corrected chi connectivity index (χ1v) is 14.8. The number of aromatic nitrogens is 3. The number of ether oxygens (including phenoxy) is 2. The van der Waals surface area contributed by atoms with Crippen molar-refractivity contribution in [3.05, 3.63) is 88.3 Å². The predicted octanol–water partition coefficient (Wildman–Crippen LogP) is 6.42. The van der Waals surface area contributed by atoms with Gasteiger partial charge < -0.3 is 23.6 Å². The van der Waals surface area contributed by atoms with Crippen molar-refractivity contribution in [1.82, 2.24) is 19.4 Å². The summed E-state index contributed by atoms with van der Waals surface area (Å²) in [6.45, 7) is 4.04. The average Bonchev–Trinajstić information content (AvgIpc) is 3.55. The minimum Gasteiger partial charge on any atom is -0.478 e.